The Morgan fingerprint density at radius 2 is 2.31 bits per heavy atom. The maximum Gasteiger partial charge on any atom is 0.280 e. The molecule has 2 aromatic heterocycles. The maximum atomic E-state index is 13.1. The molecule has 0 radical (unpaired) electrons. The molecule has 0 saturated carbocycles. The normalized spacial score (nSPS) is 17.1. The van der Waals surface area contributed by atoms with Gasteiger partial charge in [-0.2, -0.15) is 5.10 Å². The fourth-order valence-corrected chi connectivity index (χ4v) is 4.32. The zero-order chi connectivity index (χ0) is 18.1. The van der Waals surface area contributed by atoms with Gasteiger partial charge in [-0.15, -0.1) is 0 Å². The first kappa shape index (κ1) is 17.2. The number of para-hydroxylation sites is 1. The molecule has 1 fully saturated rings. The predicted molar refractivity (Wildman–Crippen MR) is 103 cm³/mol. The van der Waals surface area contributed by atoms with E-state index in [1.165, 1.54) is 5.56 Å². The van der Waals surface area contributed by atoms with Crippen LogP contribution >= 0.6 is 11.3 Å². The Hall–Kier alpha value is -2.25. The molecule has 0 N–H and O–H groups in total. The van der Waals surface area contributed by atoms with Crippen molar-refractivity contribution in [3.63, 3.8) is 0 Å². The van der Waals surface area contributed by atoms with Gasteiger partial charge in [0.1, 0.15) is 0 Å². The van der Waals surface area contributed by atoms with Crippen molar-refractivity contribution in [1.29, 1.82) is 0 Å². The molecule has 0 bridgehead atoms. The van der Waals surface area contributed by atoms with E-state index in [0.29, 0.717) is 17.4 Å². The molecule has 6 nitrogen and oxygen atoms in total. The van der Waals surface area contributed by atoms with Crippen molar-refractivity contribution in [2.24, 2.45) is 7.05 Å². The second kappa shape index (κ2) is 7.17. The third-order valence-electron chi connectivity index (χ3n) is 4.69. The van der Waals surface area contributed by atoms with E-state index in [2.05, 4.69) is 24.2 Å². The number of ether oxygens (including phenoxy) is 1. The van der Waals surface area contributed by atoms with Gasteiger partial charge in [0.15, 0.2) is 10.8 Å². The van der Waals surface area contributed by atoms with Gasteiger partial charge in [-0.3, -0.25) is 14.4 Å². The van der Waals surface area contributed by atoms with E-state index in [9.17, 15) is 4.79 Å². The van der Waals surface area contributed by atoms with Gasteiger partial charge >= 0.3 is 0 Å². The number of nitrogens with zero attached hydrogens (tertiary/aromatic N) is 4. The molecule has 1 aliphatic rings. The van der Waals surface area contributed by atoms with Gasteiger partial charge in [0.25, 0.3) is 5.91 Å². The van der Waals surface area contributed by atoms with E-state index in [0.717, 1.165) is 36.1 Å². The fraction of sp³-hybridized carbons (Fsp3) is 0.421. The topological polar surface area (TPSA) is 60.2 Å². The molecule has 1 unspecified atom stereocenters. The summed E-state index contributed by atoms with van der Waals surface area (Å²) in [5.41, 5.74) is 2.62. The lowest BCUT2D eigenvalue weighted by atomic mass is 10.1. The van der Waals surface area contributed by atoms with Crippen LogP contribution in [-0.4, -0.2) is 39.9 Å². The molecule has 7 heteroatoms. The van der Waals surface area contributed by atoms with Gasteiger partial charge < -0.3 is 4.74 Å². The van der Waals surface area contributed by atoms with Gasteiger partial charge in [-0.05, 0) is 37.0 Å². The summed E-state index contributed by atoms with van der Waals surface area (Å²) in [7, 11) is 1.81. The van der Waals surface area contributed by atoms with E-state index < -0.39 is 0 Å². The lowest BCUT2D eigenvalue weighted by molar-refractivity contribution is 0.0913. The van der Waals surface area contributed by atoms with Crippen LogP contribution in [0.1, 0.15) is 35.8 Å². The van der Waals surface area contributed by atoms with Gasteiger partial charge in [-0.25, -0.2) is 4.98 Å². The lowest BCUT2D eigenvalue weighted by Crippen LogP contribution is -2.37. The van der Waals surface area contributed by atoms with Gasteiger partial charge in [0.05, 0.1) is 22.9 Å². The number of rotatable bonds is 5. The molecule has 26 heavy (non-hydrogen) atoms. The summed E-state index contributed by atoms with van der Waals surface area (Å²) in [6.07, 6.45) is 4.76. The second-order valence-corrected chi connectivity index (χ2v) is 7.55. The van der Waals surface area contributed by atoms with Crippen LogP contribution in [0.4, 0.5) is 5.13 Å². The Kier molecular flexibility index (Phi) is 4.74. The zero-order valence-corrected chi connectivity index (χ0v) is 15.8. The fourth-order valence-electron chi connectivity index (χ4n) is 3.30. The minimum absolute atomic E-state index is 0.0559. The average Bonchev–Trinajstić information content (AvgIpc) is 3.38. The van der Waals surface area contributed by atoms with Gasteiger partial charge in [0.2, 0.25) is 0 Å². The highest BCUT2D eigenvalue weighted by atomic mass is 32.1. The molecule has 1 atom stereocenters. The van der Waals surface area contributed by atoms with Crippen molar-refractivity contribution in [2.45, 2.75) is 32.3 Å². The summed E-state index contributed by atoms with van der Waals surface area (Å²) in [6.45, 7) is 3.39. The molecule has 1 aliphatic heterocycles. The van der Waals surface area contributed by atoms with Crippen LogP contribution in [0.25, 0.3) is 10.2 Å². The van der Waals surface area contributed by atoms with E-state index in [4.69, 9.17) is 9.72 Å². The Bertz CT molecular complexity index is 927. The monoisotopic (exact) mass is 370 g/mol. The van der Waals surface area contributed by atoms with Crippen LogP contribution in [-0.2, 0) is 18.2 Å². The molecule has 0 spiro atoms. The first-order valence-electron chi connectivity index (χ1n) is 8.97. The van der Waals surface area contributed by atoms with Crippen molar-refractivity contribution in [2.75, 3.05) is 18.1 Å². The van der Waals surface area contributed by atoms with Gasteiger partial charge in [0, 0.05) is 19.9 Å². The molecule has 1 amide bonds. The summed E-state index contributed by atoms with van der Waals surface area (Å²) >= 11 is 1.55. The first-order valence-corrected chi connectivity index (χ1v) is 9.79. The van der Waals surface area contributed by atoms with Crippen LogP contribution in [0.15, 0.2) is 30.5 Å². The number of benzene rings is 1. The number of fused-ring (bicyclic) bond motifs is 1. The highest BCUT2D eigenvalue weighted by molar-refractivity contribution is 7.22. The Balaban J connectivity index is 1.73. The van der Waals surface area contributed by atoms with Crippen molar-refractivity contribution in [1.82, 2.24) is 14.8 Å². The lowest BCUT2D eigenvalue weighted by Gasteiger charge is -2.22. The number of hydrogen-bond donors (Lipinski definition) is 0. The molecular formula is C19H22N4O2S. The molecule has 4 rings (SSSR count). The molecule has 3 heterocycles. The maximum absolute atomic E-state index is 13.1. The third kappa shape index (κ3) is 3.24. The molecule has 1 saturated heterocycles. The second-order valence-electron chi connectivity index (χ2n) is 6.54. The number of carbonyl (C=O) groups excluding carboxylic acids is 1. The van der Waals surface area contributed by atoms with E-state index >= 15 is 0 Å². The third-order valence-corrected chi connectivity index (χ3v) is 5.73. The predicted octanol–water partition coefficient (Wildman–Crippen LogP) is 3.42. The average molecular weight is 370 g/mol. The van der Waals surface area contributed by atoms with Crippen molar-refractivity contribution in [3.05, 3.63) is 41.7 Å². The number of hydrogen-bond acceptors (Lipinski definition) is 5. The summed E-state index contributed by atoms with van der Waals surface area (Å²) in [4.78, 5) is 19.7. The smallest absolute Gasteiger partial charge is 0.280 e. The van der Waals surface area contributed by atoms with Crippen molar-refractivity contribution >= 4 is 32.6 Å². The molecule has 1 aromatic carbocycles. The number of aromatic nitrogens is 3. The number of thiazole rings is 1. The van der Waals surface area contributed by atoms with Crippen LogP contribution < -0.4 is 4.90 Å². The number of carbonyl (C=O) groups is 1. The molecule has 136 valence electrons. The summed E-state index contributed by atoms with van der Waals surface area (Å²) in [5.74, 6) is -0.127. The molecular weight excluding hydrogens is 348 g/mol. The summed E-state index contributed by atoms with van der Waals surface area (Å²) in [6, 6.07) is 7.95. The number of aryl methyl sites for hydroxylation is 2. The number of anilines is 1. The summed E-state index contributed by atoms with van der Waals surface area (Å²) < 4.78 is 8.52. The molecule has 3 aromatic rings. The highest BCUT2D eigenvalue weighted by Gasteiger charge is 2.28. The Labute approximate surface area is 156 Å². The first-order chi connectivity index (χ1) is 12.7. The quantitative estimate of drug-likeness (QED) is 0.690. The van der Waals surface area contributed by atoms with Crippen LogP contribution in [0.3, 0.4) is 0 Å². The summed E-state index contributed by atoms with van der Waals surface area (Å²) in [5, 5.41) is 5.00. The number of amides is 1. The van der Waals surface area contributed by atoms with Crippen molar-refractivity contribution in [3.8, 4) is 0 Å². The standard InChI is InChI=1S/C19H22N4O2S/c1-3-13-6-4-8-16-17(13)20-19(26-16)23(12-14-7-5-11-25-14)18(24)15-9-10-22(2)21-15/h4,6,8-10,14H,3,5,7,11-12H2,1-2H3. The molecule has 0 aliphatic carbocycles. The largest absolute Gasteiger partial charge is 0.376 e. The van der Waals surface area contributed by atoms with E-state index in [-0.39, 0.29) is 12.0 Å². The van der Waals surface area contributed by atoms with Crippen LogP contribution in [0.5, 0.6) is 0 Å². The van der Waals surface area contributed by atoms with Crippen molar-refractivity contribution < 1.29 is 9.53 Å². The minimum atomic E-state index is -0.127. The zero-order valence-electron chi connectivity index (χ0n) is 15.0. The SMILES string of the molecule is CCc1cccc2sc(N(CC3CCCO3)C(=O)c3ccn(C)n3)nc12. The Morgan fingerprint density at radius 1 is 1.42 bits per heavy atom. The Morgan fingerprint density at radius 3 is 3.00 bits per heavy atom. The van der Waals surface area contributed by atoms with E-state index in [1.54, 1.807) is 33.2 Å². The highest BCUT2D eigenvalue weighted by Crippen LogP contribution is 2.32. The minimum Gasteiger partial charge on any atom is -0.376 e. The van der Waals surface area contributed by atoms with E-state index in [1.807, 2.05) is 13.1 Å². The van der Waals surface area contributed by atoms with Crippen LogP contribution in [0.2, 0.25) is 0 Å². The van der Waals surface area contributed by atoms with Gasteiger partial charge in [-0.1, -0.05) is 30.4 Å². The van der Waals surface area contributed by atoms with Crippen LogP contribution in [0, 0.1) is 0 Å².